The molecule has 0 aliphatic heterocycles. The summed E-state index contributed by atoms with van der Waals surface area (Å²) in [5.41, 5.74) is 5.40. The van der Waals surface area contributed by atoms with Gasteiger partial charge in [0.1, 0.15) is 0 Å². The van der Waals surface area contributed by atoms with E-state index in [0.29, 0.717) is 11.9 Å². The minimum atomic E-state index is 0.400. The molecule has 0 unspecified atom stereocenters. The summed E-state index contributed by atoms with van der Waals surface area (Å²) < 4.78 is 6.60. The lowest BCUT2D eigenvalue weighted by atomic mass is 10.3. The van der Waals surface area contributed by atoms with E-state index in [9.17, 15) is 0 Å². The van der Waals surface area contributed by atoms with Gasteiger partial charge in [-0.1, -0.05) is 0 Å². The van der Waals surface area contributed by atoms with Crippen LogP contribution in [0.5, 0.6) is 0 Å². The average molecular weight is 154 g/mol. The summed E-state index contributed by atoms with van der Waals surface area (Å²) in [6, 6.07) is 0.524. The second-order valence-electron chi connectivity index (χ2n) is 3.02. The van der Waals surface area contributed by atoms with Crippen LogP contribution in [0.3, 0.4) is 0 Å². The van der Waals surface area contributed by atoms with Gasteiger partial charge in [-0.25, -0.2) is 0 Å². The van der Waals surface area contributed by atoms with E-state index in [2.05, 4.69) is 5.27 Å². The van der Waals surface area contributed by atoms with Gasteiger partial charge in [-0.2, -0.15) is 0 Å². The maximum atomic E-state index is 5.40. The van der Waals surface area contributed by atoms with Gasteiger partial charge in [-0.15, -0.1) is 0 Å². The Morgan fingerprint density at radius 3 is 2.82 bits per heavy atom. The van der Waals surface area contributed by atoms with Gasteiger partial charge >= 0.3 is 0 Å². The average Bonchev–Trinajstić information content (AvgIpc) is 2.55. The number of nitrogens with zero attached hydrogens (tertiary/aromatic N) is 2. The predicted octanol–water partition coefficient (Wildman–Crippen LogP) is 0.659. The van der Waals surface area contributed by atoms with Gasteiger partial charge in [0.05, 0.1) is 0 Å². The molecule has 0 aromatic carbocycles. The van der Waals surface area contributed by atoms with Crippen LogP contribution < -0.4 is 10.4 Å². The van der Waals surface area contributed by atoms with Crippen molar-refractivity contribution in [3.63, 3.8) is 0 Å². The zero-order chi connectivity index (χ0) is 7.68. The highest BCUT2D eigenvalue weighted by Gasteiger charge is 2.26. The predicted molar refractivity (Wildman–Crippen MR) is 38.6 cm³/mol. The largest absolute Gasteiger partial charge is 0.362 e. The molecular weight excluding hydrogens is 142 g/mol. The Morgan fingerprint density at radius 1 is 1.55 bits per heavy atom. The topological polar surface area (TPSA) is 55.9 Å². The number of hydrogen-bond acceptors (Lipinski definition) is 3. The Kier molecular flexibility index (Phi) is 1.52. The molecule has 0 bridgehead atoms. The maximum Gasteiger partial charge on any atom is 0.293 e. The first kappa shape index (κ1) is 6.64. The maximum absolute atomic E-state index is 5.40. The summed E-state index contributed by atoms with van der Waals surface area (Å²) in [5.74, 6) is 0.400. The standard InChI is InChI=1S/C7H12N3O/c8-7-5-10(9-11-7)6-3-1-2-4-6/h5-6H,1-4,8H2/q+1. The van der Waals surface area contributed by atoms with Crippen molar-refractivity contribution >= 4 is 5.88 Å². The molecule has 0 radical (unpaired) electrons. The van der Waals surface area contributed by atoms with Crippen LogP contribution in [0.4, 0.5) is 5.88 Å². The van der Waals surface area contributed by atoms with Crippen LogP contribution in [0.2, 0.25) is 0 Å². The van der Waals surface area contributed by atoms with Crippen LogP contribution in [-0.4, -0.2) is 5.27 Å². The van der Waals surface area contributed by atoms with E-state index >= 15 is 0 Å². The van der Waals surface area contributed by atoms with Crippen LogP contribution >= 0.6 is 0 Å². The highest BCUT2D eigenvalue weighted by molar-refractivity contribution is 5.11. The molecule has 11 heavy (non-hydrogen) atoms. The van der Waals surface area contributed by atoms with Crippen molar-refractivity contribution in [2.24, 2.45) is 0 Å². The van der Waals surface area contributed by atoms with Gasteiger partial charge in [0.25, 0.3) is 12.1 Å². The lowest BCUT2D eigenvalue weighted by molar-refractivity contribution is -0.784. The van der Waals surface area contributed by atoms with Gasteiger partial charge in [0, 0.05) is 12.8 Å². The summed E-state index contributed by atoms with van der Waals surface area (Å²) in [7, 11) is 0. The Morgan fingerprint density at radius 2 is 2.27 bits per heavy atom. The fraction of sp³-hybridized carbons (Fsp3) is 0.714. The Labute approximate surface area is 65.0 Å². The highest BCUT2D eigenvalue weighted by atomic mass is 16.5. The third-order valence-corrected chi connectivity index (χ3v) is 2.20. The first-order valence-electron chi connectivity index (χ1n) is 4.00. The molecule has 1 aromatic rings. The zero-order valence-corrected chi connectivity index (χ0v) is 6.36. The minimum absolute atomic E-state index is 0.400. The van der Waals surface area contributed by atoms with E-state index in [-0.39, 0.29) is 0 Å². The van der Waals surface area contributed by atoms with Crippen LogP contribution in [0.25, 0.3) is 0 Å². The van der Waals surface area contributed by atoms with Crippen LogP contribution in [0.1, 0.15) is 31.7 Å². The van der Waals surface area contributed by atoms with Gasteiger partial charge in [-0.05, 0) is 17.5 Å². The summed E-state index contributed by atoms with van der Waals surface area (Å²) in [6.45, 7) is 0. The summed E-state index contributed by atoms with van der Waals surface area (Å²) >= 11 is 0. The van der Waals surface area contributed by atoms with Crippen LogP contribution in [0.15, 0.2) is 10.7 Å². The molecule has 1 saturated carbocycles. The SMILES string of the molecule is Nc1c[n+](C2CCCC2)no1. The Hall–Kier alpha value is -1.06. The van der Waals surface area contributed by atoms with Crippen molar-refractivity contribution in [2.45, 2.75) is 31.7 Å². The third kappa shape index (κ3) is 1.20. The lowest BCUT2D eigenvalue weighted by Crippen LogP contribution is -2.38. The smallest absolute Gasteiger partial charge is 0.293 e. The molecule has 2 rings (SSSR count). The number of rotatable bonds is 1. The first-order valence-corrected chi connectivity index (χ1v) is 4.00. The van der Waals surface area contributed by atoms with Crippen molar-refractivity contribution in [2.75, 3.05) is 5.73 Å². The number of nitrogens with two attached hydrogens (primary N) is 1. The van der Waals surface area contributed by atoms with Crippen LogP contribution in [0, 0.1) is 0 Å². The highest BCUT2D eigenvalue weighted by Crippen LogP contribution is 2.24. The third-order valence-electron chi connectivity index (χ3n) is 2.20. The summed E-state index contributed by atoms with van der Waals surface area (Å²) in [4.78, 5) is 0. The number of anilines is 1. The molecule has 4 heteroatoms. The van der Waals surface area contributed by atoms with Crippen LogP contribution in [-0.2, 0) is 0 Å². The Bertz CT molecular complexity index is 240. The fourth-order valence-corrected chi connectivity index (χ4v) is 1.61. The summed E-state index contributed by atoms with van der Waals surface area (Å²) in [6.07, 6.45) is 6.76. The second kappa shape index (κ2) is 2.53. The molecule has 2 N–H and O–H groups in total. The van der Waals surface area contributed by atoms with E-state index in [1.807, 2.05) is 4.68 Å². The fourth-order valence-electron chi connectivity index (χ4n) is 1.61. The van der Waals surface area contributed by atoms with Gasteiger partial charge in [-0.3, -0.25) is 4.52 Å². The molecule has 60 valence electrons. The molecule has 0 atom stereocenters. The van der Waals surface area contributed by atoms with Crippen molar-refractivity contribution in [1.82, 2.24) is 5.27 Å². The molecule has 0 amide bonds. The normalized spacial score (nSPS) is 19.3. The first-order chi connectivity index (χ1) is 5.36. The van der Waals surface area contributed by atoms with Crippen molar-refractivity contribution in [3.05, 3.63) is 6.20 Å². The molecule has 1 heterocycles. The van der Waals surface area contributed by atoms with E-state index in [1.54, 1.807) is 6.20 Å². The molecule has 0 saturated heterocycles. The van der Waals surface area contributed by atoms with Gasteiger partial charge in [0.2, 0.25) is 5.27 Å². The second-order valence-corrected chi connectivity index (χ2v) is 3.02. The van der Waals surface area contributed by atoms with Crippen molar-refractivity contribution < 1.29 is 9.20 Å². The molecule has 1 aliphatic rings. The Balaban J connectivity index is 2.15. The van der Waals surface area contributed by atoms with Gasteiger partial charge < -0.3 is 5.73 Å². The molecule has 1 aromatic heterocycles. The number of nitrogen functional groups attached to an aromatic ring is 1. The monoisotopic (exact) mass is 154 g/mol. The van der Waals surface area contributed by atoms with E-state index in [0.717, 1.165) is 0 Å². The van der Waals surface area contributed by atoms with E-state index < -0.39 is 0 Å². The molecule has 1 fully saturated rings. The summed E-state index contributed by atoms with van der Waals surface area (Å²) in [5, 5.41) is 3.81. The van der Waals surface area contributed by atoms with Crippen molar-refractivity contribution in [3.8, 4) is 0 Å². The number of aromatic nitrogens is 2. The number of hydrogen-bond donors (Lipinski definition) is 1. The van der Waals surface area contributed by atoms with E-state index in [1.165, 1.54) is 25.7 Å². The molecule has 1 aliphatic carbocycles. The molecular formula is C7H12N3O+. The quantitative estimate of drug-likeness (QED) is 0.604. The molecule has 0 spiro atoms. The zero-order valence-electron chi connectivity index (χ0n) is 6.36. The lowest BCUT2D eigenvalue weighted by Gasteiger charge is -1.92. The molecule has 4 nitrogen and oxygen atoms in total. The minimum Gasteiger partial charge on any atom is -0.362 e. The van der Waals surface area contributed by atoms with Crippen molar-refractivity contribution in [1.29, 1.82) is 0 Å². The van der Waals surface area contributed by atoms with Gasteiger partial charge in [0.15, 0.2) is 6.04 Å². The van der Waals surface area contributed by atoms with E-state index in [4.69, 9.17) is 10.3 Å².